The van der Waals surface area contributed by atoms with Gasteiger partial charge in [0.05, 0.1) is 12.7 Å². The fraction of sp³-hybridized carbons (Fsp3) is 0.286. The van der Waals surface area contributed by atoms with Gasteiger partial charge in [0, 0.05) is 0 Å². The van der Waals surface area contributed by atoms with E-state index in [4.69, 9.17) is 4.74 Å². The summed E-state index contributed by atoms with van der Waals surface area (Å²) in [5, 5.41) is 0. The Morgan fingerprint density at radius 1 is 1.00 bits per heavy atom. The number of carbonyl (C=O) groups is 1. The molecule has 2 nitrogen and oxygen atoms in total. The Hall–Kier alpha value is -2.35. The Bertz CT molecular complexity index is 677. The number of rotatable bonds is 5. The molecule has 120 valence electrons. The first-order chi connectivity index (χ1) is 11.0. The molecule has 0 aliphatic heterocycles. The van der Waals surface area contributed by atoms with Gasteiger partial charge in [0.25, 0.3) is 0 Å². The average molecular weight is 308 g/mol. The van der Waals surface area contributed by atoms with Gasteiger partial charge >= 0.3 is 5.97 Å². The monoisotopic (exact) mass is 308 g/mol. The number of benzene rings is 2. The van der Waals surface area contributed by atoms with Crippen molar-refractivity contribution in [2.24, 2.45) is 5.92 Å². The molecule has 2 rings (SSSR count). The van der Waals surface area contributed by atoms with Crippen LogP contribution in [0.5, 0.6) is 0 Å². The highest BCUT2D eigenvalue weighted by Gasteiger charge is 2.04. The Labute approximate surface area is 138 Å². The van der Waals surface area contributed by atoms with Gasteiger partial charge in [-0.1, -0.05) is 56.3 Å². The number of ether oxygens (including phenoxy) is 1. The number of carbonyl (C=O) groups excluding carboxylic acids is 1. The van der Waals surface area contributed by atoms with E-state index in [1.54, 1.807) is 12.1 Å². The number of methoxy groups -OCH3 is 1. The number of hydrogen-bond donors (Lipinski definition) is 0. The quantitative estimate of drug-likeness (QED) is 0.558. The minimum atomic E-state index is -0.307. The van der Waals surface area contributed by atoms with Gasteiger partial charge in [0.2, 0.25) is 0 Å². The van der Waals surface area contributed by atoms with Gasteiger partial charge in [0.15, 0.2) is 0 Å². The van der Waals surface area contributed by atoms with Crippen LogP contribution in [0, 0.1) is 5.92 Å². The van der Waals surface area contributed by atoms with E-state index < -0.39 is 0 Å². The molecule has 0 heterocycles. The molecule has 23 heavy (non-hydrogen) atoms. The summed E-state index contributed by atoms with van der Waals surface area (Å²) in [6.45, 7) is 6.57. The van der Waals surface area contributed by atoms with Crippen molar-refractivity contribution in [3.8, 4) is 0 Å². The zero-order valence-corrected chi connectivity index (χ0v) is 14.3. The summed E-state index contributed by atoms with van der Waals surface area (Å²) < 4.78 is 4.71. The maximum Gasteiger partial charge on any atom is 0.337 e. The second-order valence-electron chi connectivity index (χ2n) is 6.24. The Kier molecular flexibility index (Phi) is 5.75. The third-order valence-electron chi connectivity index (χ3n) is 3.77. The molecule has 0 radical (unpaired) electrons. The molecule has 0 fully saturated rings. The van der Waals surface area contributed by atoms with Gasteiger partial charge in [-0.3, -0.25) is 0 Å². The van der Waals surface area contributed by atoms with E-state index in [0.29, 0.717) is 11.5 Å². The highest BCUT2D eigenvalue weighted by atomic mass is 16.5. The first-order valence-corrected chi connectivity index (χ1v) is 7.95. The summed E-state index contributed by atoms with van der Waals surface area (Å²) in [5.41, 5.74) is 5.43. The summed E-state index contributed by atoms with van der Waals surface area (Å²) >= 11 is 0. The standard InChI is InChI=1S/C21H24O2/c1-15(2)13-17-5-9-19(10-6-17)16(3)14-18-7-11-20(12-8-18)21(22)23-4/h5-12,14-15H,13H2,1-4H3/b16-14+. The second-order valence-corrected chi connectivity index (χ2v) is 6.24. The molecule has 0 atom stereocenters. The van der Waals surface area contributed by atoms with Crippen molar-refractivity contribution in [3.63, 3.8) is 0 Å². The molecule has 0 saturated heterocycles. The summed E-state index contributed by atoms with van der Waals surface area (Å²) in [4.78, 5) is 11.4. The van der Waals surface area contributed by atoms with Gasteiger partial charge in [-0.15, -0.1) is 0 Å². The molecule has 0 bridgehead atoms. The van der Waals surface area contributed by atoms with Gasteiger partial charge in [0.1, 0.15) is 0 Å². The lowest BCUT2D eigenvalue weighted by Crippen LogP contribution is -2.00. The van der Waals surface area contributed by atoms with Crippen LogP contribution < -0.4 is 0 Å². The maximum atomic E-state index is 11.4. The molecule has 0 aliphatic carbocycles. The van der Waals surface area contributed by atoms with E-state index in [2.05, 4.69) is 51.1 Å². The van der Waals surface area contributed by atoms with Crippen molar-refractivity contribution in [1.29, 1.82) is 0 Å². The zero-order valence-electron chi connectivity index (χ0n) is 14.3. The van der Waals surface area contributed by atoms with Crippen LogP contribution in [0.4, 0.5) is 0 Å². The Balaban J connectivity index is 2.14. The van der Waals surface area contributed by atoms with Gasteiger partial charge in [-0.05, 0) is 53.7 Å². The van der Waals surface area contributed by atoms with Crippen LogP contribution in [0.25, 0.3) is 11.6 Å². The van der Waals surface area contributed by atoms with E-state index in [1.165, 1.54) is 23.8 Å². The second kappa shape index (κ2) is 7.77. The van der Waals surface area contributed by atoms with Crippen molar-refractivity contribution in [2.75, 3.05) is 7.11 Å². The molecule has 2 heteroatoms. The fourth-order valence-corrected chi connectivity index (χ4v) is 2.54. The lowest BCUT2D eigenvalue weighted by molar-refractivity contribution is 0.0600. The minimum Gasteiger partial charge on any atom is -0.465 e. The first-order valence-electron chi connectivity index (χ1n) is 7.95. The van der Waals surface area contributed by atoms with Crippen molar-refractivity contribution >= 4 is 17.6 Å². The van der Waals surface area contributed by atoms with Crippen LogP contribution in [0.1, 0.15) is 47.8 Å². The summed E-state index contributed by atoms with van der Waals surface area (Å²) in [7, 11) is 1.39. The molecule has 2 aromatic rings. The molecule has 0 amide bonds. The van der Waals surface area contributed by atoms with Crippen LogP contribution in [-0.2, 0) is 11.2 Å². The molecule has 0 N–H and O–H groups in total. The fourth-order valence-electron chi connectivity index (χ4n) is 2.54. The van der Waals surface area contributed by atoms with E-state index >= 15 is 0 Å². The Morgan fingerprint density at radius 3 is 2.09 bits per heavy atom. The first kappa shape index (κ1) is 17.0. The average Bonchev–Trinajstić information content (AvgIpc) is 2.55. The van der Waals surface area contributed by atoms with Crippen LogP contribution >= 0.6 is 0 Å². The third-order valence-corrected chi connectivity index (χ3v) is 3.77. The van der Waals surface area contributed by atoms with Crippen molar-refractivity contribution in [1.82, 2.24) is 0 Å². The van der Waals surface area contributed by atoms with Gasteiger partial charge in [-0.25, -0.2) is 4.79 Å². The number of allylic oxidation sites excluding steroid dienone is 1. The number of esters is 1. The highest BCUT2D eigenvalue weighted by Crippen LogP contribution is 2.19. The molecule has 0 unspecified atom stereocenters. The molecule has 0 spiro atoms. The van der Waals surface area contributed by atoms with Crippen molar-refractivity contribution in [3.05, 3.63) is 70.8 Å². The predicted octanol–water partition coefficient (Wildman–Crippen LogP) is 5.23. The van der Waals surface area contributed by atoms with Crippen LogP contribution in [0.3, 0.4) is 0 Å². The molecular formula is C21H24O2. The number of hydrogen-bond acceptors (Lipinski definition) is 2. The summed E-state index contributed by atoms with van der Waals surface area (Å²) in [6, 6.07) is 16.2. The molecule has 2 aromatic carbocycles. The summed E-state index contributed by atoms with van der Waals surface area (Å²) in [6.07, 6.45) is 3.23. The van der Waals surface area contributed by atoms with Gasteiger partial charge in [-0.2, -0.15) is 0 Å². The SMILES string of the molecule is COC(=O)c1ccc(/C=C(\C)c2ccc(CC(C)C)cc2)cc1. The van der Waals surface area contributed by atoms with E-state index in [0.717, 1.165) is 12.0 Å². The topological polar surface area (TPSA) is 26.3 Å². The van der Waals surface area contributed by atoms with E-state index in [-0.39, 0.29) is 5.97 Å². The largest absolute Gasteiger partial charge is 0.465 e. The molecule has 0 aromatic heterocycles. The van der Waals surface area contributed by atoms with Crippen molar-refractivity contribution in [2.45, 2.75) is 27.2 Å². The molecule has 0 aliphatic rings. The minimum absolute atomic E-state index is 0.307. The van der Waals surface area contributed by atoms with E-state index in [1.807, 2.05) is 12.1 Å². The normalized spacial score (nSPS) is 11.6. The van der Waals surface area contributed by atoms with Crippen LogP contribution in [0.15, 0.2) is 48.5 Å². The molecule has 0 saturated carbocycles. The highest BCUT2D eigenvalue weighted by molar-refractivity contribution is 5.90. The van der Waals surface area contributed by atoms with Crippen LogP contribution in [-0.4, -0.2) is 13.1 Å². The van der Waals surface area contributed by atoms with E-state index in [9.17, 15) is 4.79 Å². The molecular weight excluding hydrogens is 284 g/mol. The summed E-state index contributed by atoms with van der Waals surface area (Å²) in [5.74, 6) is 0.365. The van der Waals surface area contributed by atoms with Crippen LogP contribution in [0.2, 0.25) is 0 Å². The third kappa shape index (κ3) is 4.82. The van der Waals surface area contributed by atoms with Crippen molar-refractivity contribution < 1.29 is 9.53 Å². The smallest absolute Gasteiger partial charge is 0.337 e. The predicted molar refractivity (Wildman–Crippen MR) is 96.3 cm³/mol. The van der Waals surface area contributed by atoms with Gasteiger partial charge < -0.3 is 4.74 Å². The lowest BCUT2D eigenvalue weighted by Gasteiger charge is -2.07. The zero-order chi connectivity index (χ0) is 16.8. The maximum absolute atomic E-state index is 11.4. The lowest BCUT2D eigenvalue weighted by atomic mass is 9.98. The Morgan fingerprint density at radius 2 is 1.57 bits per heavy atom.